The highest BCUT2D eigenvalue weighted by atomic mass is 32.1. The fraction of sp³-hybridized carbons (Fsp3) is 0.167. The van der Waals surface area contributed by atoms with E-state index in [1.807, 2.05) is 0 Å². The summed E-state index contributed by atoms with van der Waals surface area (Å²) in [5, 5.41) is 4.91. The Morgan fingerprint density at radius 3 is 2.78 bits per heavy atom. The molecule has 2 aromatic rings. The quantitative estimate of drug-likeness (QED) is 0.925. The lowest BCUT2D eigenvalue weighted by atomic mass is 10.3. The van der Waals surface area contributed by atoms with Gasteiger partial charge in [-0.05, 0) is 31.2 Å². The molecule has 0 aliphatic rings. The summed E-state index contributed by atoms with van der Waals surface area (Å²) in [6.45, 7) is 1.62. The van der Waals surface area contributed by atoms with Gasteiger partial charge in [-0.15, -0.1) is 11.3 Å². The molecule has 0 aliphatic carbocycles. The second-order valence-electron chi connectivity index (χ2n) is 3.54. The molecule has 1 aromatic heterocycles. The minimum Gasteiger partial charge on any atom is -0.481 e. The Morgan fingerprint density at radius 1 is 1.44 bits per heavy atom. The first-order valence-corrected chi connectivity index (χ1v) is 6.15. The molecule has 94 valence electrons. The first-order chi connectivity index (χ1) is 8.65. The van der Waals surface area contributed by atoms with Crippen LogP contribution in [0.2, 0.25) is 0 Å². The highest BCUT2D eigenvalue weighted by molar-refractivity contribution is 7.13. The number of carbonyl (C=O) groups is 1. The molecule has 2 rings (SSSR count). The molecule has 0 saturated carbocycles. The molecule has 0 radical (unpaired) electrons. The second kappa shape index (κ2) is 5.59. The number of rotatable bonds is 4. The van der Waals surface area contributed by atoms with Crippen molar-refractivity contribution >= 4 is 22.4 Å². The zero-order chi connectivity index (χ0) is 13.0. The van der Waals surface area contributed by atoms with Gasteiger partial charge in [-0.3, -0.25) is 10.1 Å². The summed E-state index contributed by atoms with van der Waals surface area (Å²) in [6, 6.07) is 5.51. The number of thiazole rings is 1. The topological polar surface area (TPSA) is 51.2 Å². The maximum Gasteiger partial charge on any atom is 0.266 e. The zero-order valence-corrected chi connectivity index (χ0v) is 10.4. The fourth-order valence-corrected chi connectivity index (χ4v) is 1.79. The predicted octanol–water partition coefficient (Wildman–Crippen LogP) is 2.69. The maximum atomic E-state index is 12.7. The Labute approximate surface area is 107 Å². The highest BCUT2D eigenvalue weighted by Gasteiger charge is 2.15. The third-order valence-corrected chi connectivity index (χ3v) is 2.85. The Kier molecular flexibility index (Phi) is 3.88. The van der Waals surface area contributed by atoms with Crippen LogP contribution in [-0.4, -0.2) is 17.0 Å². The number of amides is 1. The molecule has 1 heterocycles. The highest BCUT2D eigenvalue weighted by Crippen LogP contribution is 2.15. The van der Waals surface area contributed by atoms with Crippen LogP contribution in [0.5, 0.6) is 5.75 Å². The van der Waals surface area contributed by atoms with E-state index in [1.54, 1.807) is 18.5 Å². The van der Waals surface area contributed by atoms with Gasteiger partial charge in [0.15, 0.2) is 11.2 Å². The molecule has 18 heavy (non-hydrogen) atoms. The summed E-state index contributed by atoms with van der Waals surface area (Å²) >= 11 is 1.33. The van der Waals surface area contributed by atoms with Crippen LogP contribution < -0.4 is 10.1 Å². The van der Waals surface area contributed by atoms with Gasteiger partial charge in [-0.1, -0.05) is 0 Å². The van der Waals surface area contributed by atoms with Crippen molar-refractivity contribution in [1.29, 1.82) is 0 Å². The van der Waals surface area contributed by atoms with Crippen molar-refractivity contribution in [3.05, 3.63) is 41.7 Å². The molecule has 1 amide bonds. The summed E-state index contributed by atoms with van der Waals surface area (Å²) < 4.78 is 18.1. The summed E-state index contributed by atoms with van der Waals surface area (Å²) in [6.07, 6.45) is 0.922. The predicted molar refractivity (Wildman–Crippen MR) is 67.2 cm³/mol. The van der Waals surface area contributed by atoms with E-state index < -0.39 is 6.10 Å². The van der Waals surface area contributed by atoms with Gasteiger partial charge in [0.2, 0.25) is 0 Å². The van der Waals surface area contributed by atoms with Gasteiger partial charge in [0.25, 0.3) is 5.91 Å². The number of nitrogens with one attached hydrogen (secondary N) is 1. The van der Waals surface area contributed by atoms with Crippen molar-refractivity contribution in [3.63, 3.8) is 0 Å². The molecule has 0 fully saturated rings. The fourth-order valence-electron chi connectivity index (χ4n) is 1.26. The third kappa shape index (κ3) is 3.27. The summed E-state index contributed by atoms with van der Waals surface area (Å²) in [5.74, 6) is -0.199. The smallest absolute Gasteiger partial charge is 0.266 e. The molecule has 0 aliphatic heterocycles. The zero-order valence-electron chi connectivity index (χ0n) is 9.59. The van der Waals surface area contributed by atoms with E-state index >= 15 is 0 Å². The van der Waals surface area contributed by atoms with Crippen LogP contribution in [0.3, 0.4) is 0 Å². The number of aromatic nitrogens is 1. The van der Waals surface area contributed by atoms with Gasteiger partial charge in [0.05, 0.1) is 0 Å². The molecule has 0 spiro atoms. The maximum absolute atomic E-state index is 12.7. The summed E-state index contributed by atoms with van der Waals surface area (Å²) in [5.41, 5.74) is 0. The summed E-state index contributed by atoms with van der Waals surface area (Å²) in [4.78, 5) is 15.7. The molecule has 1 atom stereocenters. The van der Waals surface area contributed by atoms with Crippen LogP contribution >= 0.6 is 11.3 Å². The number of nitrogens with zero attached hydrogens (tertiary/aromatic N) is 1. The van der Waals surface area contributed by atoms with Gasteiger partial charge in [0.1, 0.15) is 11.6 Å². The molecule has 0 bridgehead atoms. The van der Waals surface area contributed by atoms with Crippen LogP contribution in [0.4, 0.5) is 9.52 Å². The van der Waals surface area contributed by atoms with E-state index in [9.17, 15) is 9.18 Å². The van der Waals surface area contributed by atoms with Crippen molar-refractivity contribution in [2.45, 2.75) is 13.0 Å². The van der Waals surface area contributed by atoms with Crippen molar-refractivity contribution in [3.8, 4) is 5.75 Å². The standard InChI is InChI=1S/C12H11FN2O2S/c1-8(11(16)15-12-14-6-7-18-12)17-10-4-2-9(13)3-5-10/h2-8H,1H3,(H,14,15,16)/t8-/m1/s1. The van der Waals surface area contributed by atoms with E-state index in [1.165, 1.54) is 35.6 Å². The largest absolute Gasteiger partial charge is 0.481 e. The van der Waals surface area contributed by atoms with E-state index in [4.69, 9.17) is 4.74 Å². The first kappa shape index (κ1) is 12.5. The third-order valence-electron chi connectivity index (χ3n) is 2.16. The lowest BCUT2D eigenvalue weighted by Crippen LogP contribution is -2.30. The molecule has 0 saturated heterocycles. The van der Waals surface area contributed by atoms with Crippen LogP contribution in [0.1, 0.15) is 6.92 Å². The number of benzene rings is 1. The van der Waals surface area contributed by atoms with Crippen LogP contribution in [0.25, 0.3) is 0 Å². The van der Waals surface area contributed by atoms with E-state index in [0.717, 1.165) is 0 Å². The van der Waals surface area contributed by atoms with Crippen molar-refractivity contribution in [1.82, 2.24) is 4.98 Å². The van der Waals surface area contributed by atoms with Crippen molar-refractivity contribution < 1.29 is 13.9 Å². The molecule has 1 aromatic carbocycles. The second-order valence-corrected chi connectivity index (χ2v) is 4.44. The van der Waals surface area contributed by atoms with Gasteiger partial charge >= 0.3 is 0 Å². The Bertz CT molecular complexity index is 513. The lowest BCUT2D eigenvalue weighted by Gasteiger charge is -2.13. The van der Waals surface area contributed by atoms with E-state index in [-0.39, 0.29) is 11.7 Å². The number of hydrogen-bond donors (Lipinski definition) is 1. The Balaban J connectivity index is 1.93. The lowest BCUT2D eigenvalue weighted by molar-refractivity contribution is -0.122. The number of ether oxygens (including phenoxy) is 1. The molecule has 1 N–H and O–H groups in total. The minimum absolute atomic E-state index is 0.297. The molecule has 6 heteroatoms. The monoisotopic (exact) mass is 266 g/mol. The number of halogens is 1. The van der Waals surface area contributed by atoms with Crippen LogP contribution in [-0.2, 0) is 4.79 Å². The van der Waals surface area contributed by atoms with Crippen molar-refractivity contribution in [2.24, 2.45) is 0 Å². The molecule has 4 nitrogen and oxygen atoms in total. The Morgan fingerprint density at radius 2 is 2.17 bits per heavy atom. The van der Waals surface area contributed by atoms with Gasteiger partial charge < -0.3 is 4.74 Å². The number of anilines is 1. The number of carbonyl (C=O) groups excluding carboxylic acids is 1. The molecular formula is C12H11FN2O2S. The van der Waals surface area contributed by atoms with E-state index in [2.05, 4.69) is 10.3 Å². The first-order valence-electron chi connectivity index (χ1n) is 5.28. The van der Waals surface area contributed by atoms with Gasteiger partial charge in [0, 0.05) is 11.6 Å². The Hall–Kier alpha value is -1.95. The number of hydrogen-bond acceptors (Lipinski definition) is 4. The minimum atomic E-state index is -0.681. The van der Waals surface area contributed by atoms with Crippen LogP contribution in [0.15, 0.2) is 35.8 Å². The molecule has 0 unspecified atom stereocenters. The molecular weight excluding hydrogens is 255 g/mol. The van der Waals surface area contributed by atoms with E-state index in [0.29, 0.717) is 10.9 Å². The average molecular weight is 266 g/mol. The van der Waals surface area contributed by atoms with Gasteiger partial charge in [-0.2, -0.15) is 0 Å². The van der Waals surface area contributed by atoms with Crippen molar-refractivity contribution in [2.75, 3.05) is 5.32 Å². The summed E-state index contributed by atoms with van der Waals surface area (Å²) in [7, 11) is 0. The average Bonchev–Trinajstić information content (AvgIpc) is 2.85. The van der Waals surface area contributed by atoms with Gasteiger partial charge in [-0.25, -0.2) is 9.37 Å². The normalized spacial score (nSPS) is 11.9. The SMILES string of the molecule is C[C@@H](Oc1ccc(F)cc1)C(=O)Nc1nccs1. The van der Waals surface area contributed by atoms with Crippen LogP contribution in [0, 0.1) is 5.82 Å².